The Morgan fingerprint density at radius 2 is 0.964 bits per heavy atom. The molecular formula is C52H33NOS. The van der Waals surface area contributed by atoms with Crippen LogP contribution in [0.2, 0.25) is 0 Å². The van der Waals surface area contributed by atoms with E-state index in [1.54, 1.807) is 0 Å². The zero-order chi connectivity index (χ0) is 36.3. The van der Waals surface area contributed by atoms with Crippen LogP contribution in [0.25, 0.3) is 86.3 Å². The van der Waals surface area contributed by atoms with Crippen LogP contribution in [-0.2, 0) is 0 Å². The van der Waals surface area contributed by atoms with Gasteiger partial charge in [0.2, 0.25) is 0 Å². The molecule has 0 fully saturated rings. The zero-order valence-corrected chi connectivity index (χ0v) is 30.6. The predicted molar refractivity (Wildman–Crippen MR) is 235 cm³/mol. The maximum absolute atomic E-state index is 6.18. The van der Waals surface area contributed by atoms with Crippen molar-refractivity contribution in [2.24, 2.45) is 0 Å². The van der Waals surface area contributed by atoms with Gasteiger partial charge in [0, 0.05) is 47.9 Å². The van der Waals surface area contributed by atoms with Crippen LogP contribution in [0.5, 0.6) is 0 Å². The van der Waals surface area contributed by atoms with Crippen molar-refractivity contribution in [3.05, 3.63) is 200 Å². The number of hydrogen-bond donors (Lipinski definition) is 0. The van der Waals surface area contributed by atoms with E-state index in [0.717, 1.165) is 50.1 Å². The summed E-state index contributed by atoms with van der Waals surface area (Å²) in [5, 5.41) is 7.35. The molecular weight excluding hydrogens is 687 g/mol. The molecule has 0 N–H and O–H groups in total. The van der Waals surface area contributed by atoms with Gasteiger partial charge in [0.25, 0.3) is 0 Å². The van der Waals surface area contributed by atoms with Crippen LogP contribution in [0.4, 0.5) is 17.1 Å². The Morgan fingerprint density at radius 1 is 0.345 bits per heavy atom. The van der Waals surface area contributed by atoms with E-state index in [-0.39, 0.29) is 0 Å². The number of rotatable bonds is 6. The summed E-state index contributed by atoms with van der Waals surface area (Å²) in [6.45, 7) is 0. The van der Waals surface area contributed by atoms with E-state index in [4.69, 9.17) is 4.42 Å². The number of hydrogen-bond acceptors (Lipinski definition) is 3. The van der Waals surface area contributed by atoms with Crippen LogP contribution in [0.3, 0.4) is 0 Å². The first-order valence-corrected chi connectivity index (χ1v) is 19.5. The van der Waals surface area contributed by atoms with Gasteiger partial charge in [0.15, 0.2) is 0 Å². The van der Waals surface area contributed by atoms with Crippen molar-refractivity contribution in [2.45, 2.75) is 0 Å². The minimum Gasteiger partial charge on any atom is -0.456 e. The number of thiophene rings is 1. The van der Waals surface area contributed by atoms with Crippen LogP contribution in [0, 0.1) is 0 Å². The quantitative estimate of drug-likeness (QED) is 0.170. The molecule has 0 radical (unpaired) electrons. The number of furan rings is 1. The summed E-state index contributed by atoms with van der Waals surface area (Å²) >= 11 is 1.86. The molecule has 0 aliphatic heterocycles. The Morgan fingerprint density at radius 3 is 1.82 bits per heavy atom. The second-order valence-electron chi connectivity index (χ2n) is 14.1. The van der Waals surface area contributed by atoms with Crippen LogP contribution in [0.1, 0.15) is 0 Å². The third-order valence-electron chi connectivity index (χ3n) is 10.8. The molecule has 0 saturated carbocycles. The Kier molecular flexibility index (Phi) is 7.39. The van der Waals surface area contributed by atoms with E-state index in [1.807, 2.05) is 23.5 Å². The molecule has 2 aromatic heterocycles. The van der Waals surface area contributed by atoms with Crippen molar-refractivity contribution in [2.75, 3.05) is 4.90 Å². The molecule has 0 saturated heterocycles. The van der Waals surface area contributed by atoms with Gasteiger partial charge in [-0.05, 0) is 105 Å². The fraction of sp³-hybridized carbons (Fsp3) is 0. The standard InChI is InChI=1S/C52H33NOS/c1-2-12-35-29-40(24-23-34(35)11-1)43-17-3-6-20-48(43)53(41-15-9-13-36(30-41)38-26-28-50-47(32-38)44-18-4-7-21-49(44)54-50)42-16-10-14-37(31-42)39-25-27-46-45-19-5-8-22-51(45)55-52(46)33-39/h1-33H. The Labute approximate surface area is 322 Å². The highest BCUT2D eigenvalue weighted by molar-refractivity contribution is 7.25. The zero-order valence-electron chi connectivity index (χ0n) is 29.8. The lowest BCUT2D eigenvalue weighted by atomic mass is 9.97. The fourth-order valence-electron chi connectivity index (χ4n) is 8.16. The van der Waals surface area contributed by atoms with E-state index in [9.17, 15) is 0 Å². The lowest BCUT2D eigenvalue weighted by Crippen LogP contribution is -2.11. The van der Waals surface area contributed by atoms with Gasteiger partial charge < -0.3 is 9.32 Å². The molecule has 9 aromatic carbocycles. The molecule has 258 valence electrons. The molecule has 11 rings (SSSR count). The maximum atomic E-state index is 6.18. The highest BCUT2D eigenvalue weighted by atomic mass is 32.1. The van der Waals surface area contributed by atoms with Gasteiger partial charge in [-0.1, -0.05) is 133 Å². The number of anilines is 3. The molecule has 0 bridgehead atoms. The first-order valence-electron chi connectivity index (χ1n) is 18.7. The maximum Gasteiger partial charge on any atom is 0.135 e. The lowest BCUT2D eigenvalue weighted by molar-refractivity contribution is 0.669. The van der Waals surface area contributed by atoms with Crippen molar-refractivity contribution in [3.8, 4) is 33.4 Å². The molecule has 0 atom stereocenters. The summed E-state index contributed by atoms with van der Waals surface area (Å²) in [6.07, 6.45) is 0. The third-order valence-corrected chi connectivity index (χ3v) is 12.0. The summed E-state index contributed by atoms with van der Waals surface area (Å²) in [5.74, 6) is 0. The Balaban J connectivity index is 1.08. The number of para-hydroxylation sites is 2. The molecule has 0 spiro atoms. The SMILES string of the molecule is c1cc(-c2ccc3c(c2)sc2ccccc23)cc(N(c2cccc(-c3ccc4oc5ccccc5c4c3)c2)c2ccccc2-c2ccc3ccccc3c2)c1. The van der Waals surface area contributed by atoms with Gasteiger partial charge in [0.05, 0.1) is 5.69 Å². The van der Waals surface area contributed by atoms with Crippen LogP contribution < -0.4 is 4.90 Å². The molecule has 0 unspecified atom stereocenters. The third kappa shape index (κ3) is 5.48. The monoisotopic (exact) mass is 719 g/mol. The van der Waals surface area contributed by atoms with Gasteiger partial charge in [-0.25, -0.2) is 0 Å². The van der Waals surface area contributed by atoms with Crippen molar-refractivity contribution in [1.29, 1.82) is 0 Å². The van der Waals surface area contributed by atoms with Crippen molar-refractivity contribution in [3.63, 3.8) is 0 Å². The predicted octanol–water partition coefficient (Wildman–Crippen LogP) is 15.6. The Hall–Kier alpha value is -6.94. The van der Waals surface area contributed by atoms with Crippen LogP contribution in [0.15, 0.2) is 205 Å². The van der Waals surface area contributed by atoms with Gasteiger partial charge in [-0.15, -0.1) is 11.3 Å². The highest BCUT2D eigenvalue weighted by Crippen LogP contribution is 2.44. The molecule has 0 amide bonds. The lowest BCUT2D eigenvalue weighted by Gasteiger charge is -2.29. The summed E-state index contributed by atoms with van der Waals surface area (Å²) in [7, 11) is 0. The number of nitrogens with zero attached hydrogens (tertiary/aromatic N) is 1. The minimum absolute atomic E-state index is 0.901. The van der Waals surface area contributed by atoms with E-state index in [1.165, 1.54) is 53.2 Å². The molecule has 0 aliphatic carbocycles. The van der Waals surface area contributed by atoms with E-state index < -0.39 is 0 Å². The number of fused-ring (bicyclic) bond motifs is 7. The molecule has 55 heavy (non-hydrogen) atoms. The van der Waals surface area contributed by atoms with Gasteiger partial charge in [-0.3, -0.25) is 0 Å². The first-order chi connectivity index (χ1) is 27.2. The molecule has 3 heteroatoms. The second kappa shape index (κ2) is 12.9. The number of benzene rings is 9. The summed E-state index contributed by atoms with van der Waals surface area (Å²) in [4.78, 5) is 2.42. The largest absolute Gasteiger partial charge is 0.456 e. The van der Waals surface area contributed by atoms with Gasteiger partial charge >= 0.3 is 0 Å². The summed E-state index contributed by atoms with van der Waals surface area (Å²) < 4.78 is 8.80. The second-order valence-corrected chi connectivity index (χ2v) is 15.2. The fourth-order valence-corrected chi connectivity index (χ4v) is 9.30. The van der Waals surface area contributed by atoms with E-state index in [0.29, 0.717) is 0 Å². The topological polar surface area (TPSA) is 16.4 Å². The van der Waals surface area contributed by atoms with Crippen molar-refractivity contribution >= 4 is 81.3 Å². The normalized spacial score (nSPS) is 11.6. The van der Waals surface area contributed by atoms with Crippen molar-refractivity contribution in [1.82, 2.24) is 0 Å². The molecule has 0 aliphatic rings. The first kappa shape index (κ1) is 31.6. The minimum atomic E-state index is 0.901. The van der Waals surface area contributed by atoms with Crippen LogP contribution >= 0.6 is 11.3 Å². The van der Waals surface area contributed by atoms with Gasteiger partial charge in [-0.2, -0.15) is 0 Å². The van der Waals surface area contributed by atoms with E-state index in [2.05, 4.69) is 193 Å². The summed E-state index contributed by atoms with van der Waals surface area (Å²) in [5.41, 5.74) is 12.1. The summed E-state index contributed by atoms with van der Waals surface area (Å²) in [6, 6.07) is 72.4. The molecule has 2 nitrogen and oxygen atoms in total. The van der Waals surface area contributed by atoms with Crippen LogP contribution in [-0.4, -0.2) is 0 Å². The van der Waals surface area contributed by atoms with E-state index >= 15 is 0 Å². The highest BCUT2D eigenvalue weighted by Gasteiger charge is 2.19. The average molecular weight is 720 g/mol. The average Bonchev–Trinajstić information content (AvgIpc) is 3.82. The van der Waals surface area contributed by atoms with Crippen molar-refractivity contribution < 1.29 is 4.42 Å². The van der Waals surface area contributed by atoms with Gasteiger partial charge in [0.1, 0.15) is 11.2 Å². The smallest absolute Gasteiger partial charge is 0.135 e. The molecule has 11 aromatic rings. The Bertz CT molecular complexity index is 3240. The molecule has 2 heterocycles.